The van der Waals surface area contributed by atoms with Crippen LogP contribution in [0.2, 0.25) is 0 Å². The summed E-state index contributed by atoms with van der Waals surface area (Å²) >= 11 is 6.71. The Morgan fingerprint density at radius 1 is 0.556 bits per heavy atom. The molecule has 2 unspecified atom stereocenters. The van der Waals surface area contributed by atoms with Gasteiger partial charge in [0.15, 0.2) is 6.29 Å². The van der Waals surface area contributed by atoms with Crippen molar-refractivity contribution < 1.29 is 14.4 Å². The first-order chi connectivity index (χ1) is 34.9. The second-order valence-electron chi connectivity index (χ2n) is 18.5. The number of aromatic nitrogens is 10. The summed E-state index contributed by atoms with van der Waals surface area (Å²) in [5.41, 5.74) is 7.60. The van der Waals surface area contributed by atoms with E-state index >= 15 is 0 Å². The zero-order valence-corrected chi connectivity index (χ0v) is 44.5. The molecule has 0 aromatic carbocycles. The molecule has 0 aliphatic carbocycles. The predicted molar refractivity (Wildman–Crippen MR) is 292 cm³/mol. The summed E-state index contributed by atoms with van der Waals surface area (Å²) in [5, 5.41) is 5.55. The molecule has 2 fully saturated rings. The van der Waals surface area contributed by atoms with Crippen molar-refractivity contribution in [2.45, 2.75) is 65.5 Å². The topological polar surface area (TPSA) is 169 Å². The SMILES string of the molecule is Brc1cnc2[nH]ccc2c1.CCCC1CC(=O)N(Cc2cnc3[nH]ccc3c2)C1.CCCC1CC(=O)N(Cc2cnc3c(ccn3C)c2)C1.Cn1ccc2cc(Br)cnc21.Cn1ccc2cc(C=O)cnc21. The van der Waals surface area contributed by atoms with Gasteiger partial charge < -0.3 is 33.5 Å². The van der Waals surface area contributed by atoms with Gasteiger partial charge in [-0.3, -0.25) is 14.4 Å². The maximum absolute atomic E-state index is 12.0. The number of aldehydes is 1. The van der Waals surface area contributed by atoms with E-state index < -0.39 is 0 Å². The number of fused-ring (bicyclic) bond motifs is 5. The van der Waals surface area contributed by atoms with E-state index in [0.717, 1.165) is 121 Å². The van der Waals surface area contributed by atoms with Gasteiger partial charge >= 0.3 is 0 Å². The lowest BCUT2D eigenvalue weighted by atomic mass is 10.0. The largest absolute Gasteiger partial charge is 0.346 e. The predicted octanol–water partition coefficient (Wildman–Crippen LogP) is 11.5. The fourth-order valence-corrected chi connectivity index (χ4v) is 9.99. The van der Waals surface area contributed by atoms with Crippen molar-refractivity contribution in [3.05, 3.63) is 148 Å². The number of carbonyl (C=O) groups excluding carboxylic acids is 3. The monoisotopic (exact) mass is 1090 g/mol. The number of nitrogens with zero attached hydrogens (tertiary/aromatic N) is 10. The molecule has 0 saturated carbocycles. The Morgan fingerprint density at radius 2 is 0.972 bits per heavy atom. The molecule has 10 aromatic heterocycles. The van der Waals surface area contributed by atoms with Crippen LogP contribution in [-0.2, 0) is 43.8 Å². The highest BCUT2D eigenvalue weighted by Gasteiger charge is 2.30. The maximum Gasteiger partial charge on any atom is 0.223 e. The summed E-state index contributed by atoms with van der Waals surface area (Å²) in [6.07, 6.45) is 25.5. The fourth-order valence-electron chi connectivity index (χ4n) is 9.29. The zero-order chi connectivity index (χ0) is 50.7. The molecule has 0 bridgehead atoms. The summed E-state index contributed by atoms with van der Waals surface area (Å²) < 4.78 is 7.97. The molecule has 2 aliphatic rings. The van der Waals surface area contributed by atoms with Crippen LogP contribution >= 0.6 is 31.9 Å². The summed E-state index contributed by atoms with van der Waals surface area (Å²) in [6.45, 7) is 7.54. The standard InChI is InChI=1S/C16H21N3O.C15H19N3O.C9H8N2O.C8H7BrN2.C7H5BrN2/c1-3-4-12-8-15(20)19(10-12)11-13-7-14-5-6-18(2)16(14)17-9-13;1-2-3-11-7-14(19)18(9-11)10-12-6-13-4-5-16-15(13)17-8-12;1-11-3-2-8-4-7(6-12)5-10-9(8)11;1-11-3-2-6-4-7(9)5-10-8(6)11;8-6-3-5-1-2-9-7(5)10-4-6/h5-7,9,12H,3-4,8,10-11H2,1-2H3;4-6,8,11H,2-3,7,9-10H2,1H3,(H,16,17);2-6H,1H3;2-5H,1H3;1-4H,(H,9,10). The highest BCUT2D eigenvalue weighted by Crippen LogP contribution is 2.26. The molecule has 12 rings (SSSR count). The average Bonchev–Trinajstić information content (AvgIpc) is 4.27. The number of carbonyl (C=O) groups is 3. The zero-order valence-electron chi connectivity index (χ0n) is 41.3. The number of halogens is 2. The normalized spacial score (nSPS) is 15.3. The van der Waals surface area contributed by atoms with E-state index in [1.807, 2.05) is 131 Å². The van der Waals surface area contributed by atoms with E-state index in [9.17, 15) is 14.4 Å². The minimum absolute atomic E-state index is 0.285. The molecule has 0 spiro atoms. The number of aromatic amines is 2. The molecule has 15 nitrogen and oxygen atoms in total. The lowest BCUT2D eigenvalue weighted by molar-refractivity contribution is -0.129. The van der Waals surface area contributed by atoms with E-state index in [-0.39, 0.29) is 11.8 Å². The smallest absolute Gasteiger partial charge is 0.223 e. The Morgan fingerprint density at radius 3 is 1.50 bits per heavy atom. The summed E-state index contributed by atoms with van der Waals surface area (Å²) in [6, 6.07) is 20.2. The molecule has 2 N–H and O–H groups in total. The second-order valence-corrected chi connectivity index (χ2v) is 20.3. The van der Waals surface area contributed by atoms with Crippen LogP contribution < -0.4 is 0 Å². The molecule has 372 valence electrons. The average molecular weight is 1100 g/mol. The number of hydrogen-bond donors (Lipinski definition) is 2. The highest BCUT2D eigenvalue weighted by molar-refractivity contribution is 9.10. The van der Waals surface area contributed by atoms with E-state index in [1.165, 1.54) is 5.39 Å². The number of amides is 2. The van der Waals surface area contributed by atoms with E-state index in [0.29, 0.717) is 36.9 Å². The lowest BCUT2D eigenvalue weighted by Crippen LogP contribution is -2.24. The van der Waals surface area contributed by atoms with Crippen LogP contribution in [0, 0.1) is 11.8 Å². The van der Waals surface area contributed by atoms with Crippen LogP contribution in [-0.4, -0.2) is 89.6 Å². The van der Waals surface area contributed by atoms with Gasteiger partial charge in [0, 0.05) is 164 Å². The van der Waals surface area contributed by atoms with Gasteiger partial charge in [-0.2, -0.15) is 0 Å². The third kappa shape index (κ3) is 12.9. The Balaban J connectivity index is 0.000000124. The molecular formula is C55H60Br2N12O3. The van der Waals surface area contributed by atoms with Gasteiger partial charge in [0.2, 0.25) is 11.8 Å². The lowest BCUT2D eigenvalue weighted by Gasteiger charge is -2.16. The Hall–Kier alpha value is -6.98. The van der Waals surface area contributed by atoms with E-state index in [4.69, 9.17) is 0 Å². The molecule has 2 amide bonds. The number of aryl methyl sites for hydroxylation is 3. The fraction of sp³-hybridized carbons (Fsp3) is 0.309. The number of likely N-dealkylation sites (tertiary alicyclic amines) is 2. The number of H-pyrrole nitrogens is 2. The molecule has 0 radical (unpaired) electrons. The Kier molecular flexibility index (Phi) is 17.1. The molecular weight excluding hydrogens is 1040 g/mol. The maximum atomic E-state index is 12.0. The molecule has 2 saturated heterocycles. The molecule has 2 aliphatic heterocycles. The molecule has 17 heteroatoms. The molecule has 2 atom stereocenters. The molecule has 12 heterocycles. The van der Waals surface area contributed by atoms with Crippen molar-refractivity contribution in [2.75, 3.05) is 13.1 Å². The second kappa shape index (κ2) is 24.0. The van der Waals surface area contributed by atoms with E-state index in [2.05, 4.69) is 105 Å². The third-order valence-electron chi connectivity index (χ3n) is 12.9. The van der Waals surface area contributed by atoms with Gasteiger partial charge in [-0.05, 0) is 128 Å². The van der Waals surface area contributed by atoms with Crippen molar-refractivity contribution in [3.8, 4) is 0 Å². The Bertz CT molecular complexity index is 3440. The van der Waals surface area contributed by atoms with Gasteiger partial charge in [-0.25, -0.2) is 24.9 Å². The van der Waals surface area contributed by atoms with Crippen LogP contribution in [0.4, 0.5) is 0 Å². The van der Waals surface area contributed by atoms with Crippen molar-refractivity contribution in [1.29, 1.82) is 0 Å². The van der Waals surface area contributed by atoms with Crippen LogP contribution in [0.3, 0.4) is 0 Å². The van der Waals surface area contributed by atoms with Crippen LogP contribution in [0.1, 0.15) is 73.9 Å². The van der Waals surface area contributed by atoms with Gasteiger partial charge in [-0.1, -0.05) is 26.7 Å². The van der Waals surface area contributed by atoms with Crippen LogP contribution in [0.25, 0.3) is 55.2 Å². The van der Waals surface area contributed by atoms with Gasteiger partial charge in [0.05, 0.1) is 0 Å². The van der Waals surface area contributed by atoms with Crippen molar-refractivity contribution in [3.63, 3.8) is 0 Å². The van der Waals surface area contributed by atoms with Crippen molar-refractivity contribution in [1.82, 2.24) is 58.4 Å². The van der Waals surface area contributed by atoms with E-state index in [1.54, 1.807) is 12.4 Å². The van der Waals surface area contributed by atoms with Crippen LogP contribution in [0.15, 0.2) is 132 Å². The quantitative estimate of drug-likeness (QED) is 0.135. The number of pyridine rings is 5. The summed E-state index contributed by atoms with van der Waals surface area (Å²) in [5.74, 6) is 1.66. The van der Waals surface area contributed by atoms with Crippen molar-refractivity contribution >= 4 is 105 Å². The minimum atomic E-state index is 0.285. The first kappa shape index (κ1) is 51.4. The molecule has 72 heavy (non-hydrogen) atoms. The van der Waals surface area contributed by atoms with Gasteiger partial charge in [0.25, 0.3) is 0 Å². The Labute approximate surface area is 435 Å². The third-order valence-corrected chi connectivity index (χ3v) is 13.7. The first-order valence-electron chi connectivity index (χ1n) is 24.3. The number of rotatable bonds is 9. The summed E-state index contributed by atoms with van der Waals surface area (Å²) in [7, 11) is 5.91. The summed E-state index contributed by atoms with van der Waals surface area (Å²) in [4.78, 5) is 65.9. The van der Waals surface area contributed by atoms with Crippen LogP contribution in [0.5, 0.6) is 0 Å². The van der Waals surface area contributed by atoms with Gasteiger partial charge in [0.1, 0.15) is 28.2 Å². The highest BCUT2D eigenvalue weighted by atomic mass is 79.9. The minimum Gasteiger partial charge on any atom is -0.346 e. The molecule has 10 aromatic rings. The van der Waals surface area contributed by atoms with Crippen molar-refractivity contribution in [2.24, 2.45) is 33.0 Å². The van der Waals surface area contributed by atoms with Gasteiger partial charge in [-0.15, -0.1) is 0 Å². The number of hydrogen-bond acceptors (Lipinski definition) is 8. The number of nitrogens with one attached hydrogen (secondary N) is 2. The first-order valence-corrected chi connectivity index (χ1v) is 25.9.